The highest BCUT2D eigenvalue weighted by molar-refractivity contribution is 8.22. The first kappa shape index (κ1) is 22.1. The number of rotatable bonds is 5. The molecule has 33 heavy (non-hydrogen) atoms. The minimum atomic E-state index is -0.958. The van der Waals surface area contributed by atoms with Gasteiger partial charge >= 0.3 is 5.97 Å². The minimum absolute atomic E-state index is 0.112. The number of carbonyl (C=O) groups excluding carboxylic acids is 2. The molecule has 168 valence electrons. The van der Waals surface area contributed by atoms with Gasteiger partial charge in [0.1, 0.15) is 0 Å². The molecule has 2 aromatic carbocycles. The van der Waals surface area contributed by atoms with Crippen molar-refractivity contribution < 1.29 is 14.3 Å². The summed E-state index contributed by atoms with van der Waals surface area (Å²) < 4.78 is 4.36. The summed E-state index contributed by atoms with van der Waals surface area (Å²) in [4.78, 5) is 30.0. The van der Waals surface area contributed by atoms with Crippen LogP contribution in [0.5, 0.6) is 0 Å². The van der Waals surface area contributed by atoms with Gasteiger partial charge in [-0.05, 0) is 48.7 Å². The lowest BCUT2D eigenvalue weighted by atomic mass is 10.2. The van der Waals surface area contributed by atoms with Crippen molar-refractivity contribution in [1.29, 1.82) is 0 Å². The third-order valence-corrected chi connectivity index (χ3v) is 8.79. The van der Waals surface area contributed by atoms with E-state index in [4.69, 9.17) is 4.74 Å². The maximum atomic E-state index is 13.8. The molecular formula is C24H21N3O3S3. The van der Waals surface area contributed by atoms with E-state index in [9.17, 15) is 9.59 Å². The first-order chi connectivity index (χ1) is 16.1. The summed E-state index contributed by atoms with van der Waals surface area (Å²) in [5.41, 5.74) is 4.90. The Bertz CT molecular complexity index is 1170. The fourth-order valence-electron chi connectivity index (χ4n) is 3.71. The first-order valence-electron chi connectivity index (χ1n) is 10.4. The van der Waals surface area contributed by atoms with Gasteiger partial charge in [-0.3, -0.25) is 14.7 Å². The lowest BCUT2D eigenvalue weighted by molar-refractivity contribution is -0.142. The average molecular weight is 496 g/mol. The summed E-state index contributed by atoms with van der Waals surface area (Å²) >= 11 is 4.38. The number of benzene rings is 2. The number of ether oxygens (including phenoxy) is 1. The normalized spacial score (nSPS) is 23.6. The summed E-state index contributed by atoms with van der Waals surface area (Å²) in [5.74, 6) is -0.476. The van der Waals surface area contributed by atoms with Crippen molar-refractivity contribution in [2.24, 2.45) is 0 Å². The predicted octanol–water partition coefficient (Wildman–Crippen LogP) is 5.13. The van der Waals surface area contributed by atoms with Gasteiger partial charge in [-0.25, -0.2) is 10.2 Å². The highest BCUT2D eigenvalue weighted by atomic mass is 32.2. The van der Waals surface area contributed by atoms with Crippen LogP contribution in [-0.2, 0) is 14.3 Å². The van der Waals surface area contributed by atoms with Crippen molar-refractivity contribution >= 4 is 64.2 Å². The zero-order valence-corrected chi connectivity index (χ0v) is 20.2. The van der Waals surface area contributed by atoms with Gasteiger partial charge in [-0.15, -0.1) is 11.3 Å². The van der Waals surface area contributed by atoms with E-state index in [1.807, 2.05) is 89.3 Å². The van der Waals surface area contributed by atoms with Crippen LogP contribution in [0.1, 0.15) is 11.8 Å². The smallest absolute Gasteiger partial charge is 0.335 e. The van der Waals surface area contributed by atoms with Crippen molar-refractivity contribution in [2.75, 3.05) is 16.5 Å². The maximum absolute atomic E-state index is 13.8. The van der Waals surface area contributed by atoms with Crippen molar-refractivity contribution in [3.8, 4) is 0 Å². The number of thiophene rings is 1. The molecule has 6 nitrogen and oxygen atoms in total. The number of nitrogens with one attached hydrogen (secondary N) is 1. The molecule has 1 amide bonds. The Morgan fingerprint density at radius 2 is 1.76 bits per heavy atom. The van der Waals surface area contributed by atoms with Crippen molar-refractivity contribution in [3.63, 3.8) is 0 Å². The van der Waals surface area contributed by atoms with Crippen LogP contribution < -0.4 is 15.3 Å². The van der Waals surface area contributed by atoms with Gasteiger partial charge in [0.25, 0.3) is 5.91 Å². The molecule has 3 heterocycles. The number of carbonyl (C=O) groups is 2. The van der Waals surface area contributed by atoms with Crippen LogP contribution >= 0.6 is 34.9 Å². The van der Waals surface area contributed by atoms with E-state index in [0.29, 0.717) is 4.91 Å². The number of amides is 1. The summed E-state index contributed by atoms with van der Waals surface area (Å²) in [7, 11) is 0. The van der Waals surface area contributed by atoms with Crippen molar-refractivity contribution in [2.45, 2.75) is 16.6 Å². The van der Waals surface area contributed by atoms with Crippen LogP contribution in [0.15, 0.2) is 83.1 Å². The summed E-state index contributed by atoms with van der Waals surface area (Å²) in [5, 5.41) is 3.22. The Morgan fingerprint density at radius 1 is 1.06 bits per heavy atom. The number of hydrogen-bond donors (Lipinski definition) is 1. The number of hydrogen-bond acceptors (Lipinski definition) is 8. The van der Waals surface area contributed by atoms with E-state index < -0.39 is 9.70 Å². The van der Waals surface area contributed by atoms with E-state index in [-0.39, 0.29) is 18.5 Å². The number of anilines is 2. The molecule has 0 saturated carbocycles. The van der Waals surface area contributed by atoms with Crippen LogP contribution in [-0.4, -0.2) is 28.2 Å². The molecule has 1 N–H and O–H groups in total. The number of nitrogens with zero attached hydrogens (tertiary/aromatic N) is 2. The largest absolute Gasteiger partial charge is 0.464 e. The molecule has 1 spiro atoms. The zero-order valence-electron chi connectivity index (χ0n) is 17.7. The molecule has 0 bridgehead atoms. The quantitative estimate of drug-likeness (QED) is 0.389. The molecule has 2 atom stereocenters. The molecule has 0 aliphatic carbocycles. The van der Waals surface area contributed by atoms with Gasteiger partial charge in [0.2, 0.25) is 4.33 Å². The predicted molar refractivity (Wildman–Crippen MR) is 137 cm³/mol. The van der Waals surface area contributed by atoms with Gasteiger partial charge in [-0.2, -0.15) is 0 Å². The van der Waals surface area contributed by atoms with Crippen LogP contribution in [0.4, 0.5) is 11.4 Å². The third-order valence-electron chi connectivity index (χ3n) is 5.09. The Morgan fingerprint density at radius 3 is 2.39 bits per heavy atom. The molecule has 5 rings (SSSR count). The zero-order chi connectivity index (χ0) is 22.8. The Hall–Kier alpha value is -2.72. The Kier molecular flexibility index (Phi) is 6.20. The van der Waals surface area contributed by atoms with Gasteiger partial charge < -0.3 is 4.74 Å². The molecule has 2 fully saturated rings. The topological polar surface area (TPSA) is 61.9 Å². The second kappa shape index (κ2) is 9.26. The summed E-state index contributed by atoms with van der Waals surface area (Å²) in [6.07, 6.45) is 1.92. The molecule has 2 saturated heterocycles. The Balaban J connectivity index is 1.65. The van der Waals surface area contributed by atoms with Crippen LogP contribution in [0, 0.1) is 0 Å². The number of para-hydroxylation sites is 2. The highest BCUT2D eigenvalue weighted by Gasteiger charge is 2.61. The van der Waals surface area contributed by atoms with Gasteiger partial charge in [0, 0.05) is 10.6 Å². The SMILES string of the molecule is CCOC(=O)C1NN(c2ccccc2)C2(SC(=Cc3cccs3)C(=O)N2c2ccccc2)S1. The van der Waals surface area contributed by atoms with E-state index in [1.165, 1.54) is 23.5 Å². The van der Waals surface area contributed by atoms with E-state index in [1.54, 1.807) is 23.2 Å². The summed E-state index contributed by atoms with van der Waals surface area (Å²) in [6, 6.07) is 23.2. The van der Waals surface area contributed by atoms with Gasteiger partial charge in [0.15, 0.2) is 5.37 Å². The second-order valence-corrected chi connectivity index (χ2v) is 10.9. The summed E-state index contributed by atoms with van der Waals surface area (Å²) in [6.45, 7) is 2.07. The van der Waals surface area contributed by atoms with E-state index >= 15 is 0 Å². The van der Waals surface area contributed by atoms with E-state index in [0.717, 1.165) is 16.3 Å². The first-order valence-corrected chi connectivity index (χ1v) is 13.0. The third kappa shape index (κ3) is 4.06. The minimum Gasteiger partial charge on any atom is -0.464 e. The fraction of sp³-hybridized carbons (Fsp3) is 0.167. The molecular weight excluding hydrogens is 474 g/mol. The monoisotopic (exact) mass is 495 g/mol. The van der Waals surface area contributed by atoms with Crippen molar-refractivity contribution in [3.05, 3.63) is 88.0 Å². The van der Waals surface area contributed by atoms with Gasteiger partial charge in [0.05, 0.1) is 17.2 Å². The Labute approximate surface area is 204 Å². The second-order valence-electron chi connectivity index (χ2n) is 7.20. The fourth-order valence-corrected chi connectivity index (χ4v) is 7.56. The average Bonchev–Trinajstić information content (AvgIpc) is 3.55. The highest BCUT2D eigenvalue weighted by Crippen LogP contribution is 2.59. The number of thioether (sulfide) groups is 2. The maximum Gasteiger partial charge on any atom is 0.335 e. The molecule has 2 aliphatic heterocycles. The number of hydrazine groups is 1. The molecule has 2 unspecified atom stereocenters. The number of esters is 1. The van der Waals surface area contributed by atoms with Crippen molar-refractivity contribution in [1.82, 2.24) is 5.43 Å². The molecule has 3 aromatic rings. The van der Waals surface area contributed by atoms with Crippen LogP contribution in [0.25, 0.3) is 6.08 Å². The van der Waals surface area contributed by atoms with E-state index in [2.05, 4.69) is 5.43 Å². The van der Waals surface area contributed by atoms with Crippen LogP contribution in [0.3, 0.4) is 0 Å². The molecule has 0 radical (unpaired) electrons. The lowest BCUT2D eigenvalue weighted by Crippen LogP contribution is -2.55. The van der Waals surface area contributed by atoms with Gasteiger partial charge in [-0.1, -0.05) is 66.0 Å². The molecule has 2 aliphatic rings. The lowest BCUT2D eigenvalue weighted by Gasteiger charge is -2.39. The molecule has 9 heteroatoms. The molecule has 1 aromatic heterocycles. The van der Waals surface area contributed by atoms with Crippen LogP contribution in [0.2, 0.25) is 0 Å². The standard InChI is InChI=1S/C24H21N3O3S3/c1-2-30-23(29)21-25-27(18-12-7-4-8-13-18)24(33-21)26(17-10-5-3-6-11-17)22(28)20(32-24)16-19-14-9-15-31-19/h3-16,21,25H,2H2,1H3.